The van der Waals surface area contributed by atoms with Gasteiger partial charge in [-0.2, -0.15) is 0 Å². The summed E-state index contributed by atoms with van der Waals surface area (Å²) in [5.74, 6) is 1.11. The molecule has 1 unspecified atom stereocenters. The first kappa shape index (κ1) is 35.8. The summed E-state index contributed by atoms with van der Waals surface area (Å²) in [6, 6.07) is 0. The molecule has 0 bridgehead atoms. The van der Waals surface area contributed by atoms with Crippen LogP contribution < -0.4 is 0 Å². The number of allylic oxidation sites excluding steroid dienone is 1. The van der Waals surface area contributed by atoms with E-state index in [-0.39, 0.29) is 5.97 Å². The number of unbranched alkanes of at least 4 members (excludes halogenated alkanes) is 14. The first-order valence-electron chi connectivity index (χ1n) is 15.9. The zero-order valence-corrected chi connectivity index (χ0v) is 25.0. The van der Waals surface area contributed by atoms with Gasteiger partial charge in [-0.1, -0.05) is 122 Å². The molecule has 0 spiro atoms. The lowest BCUT2D eigenvalue weighted by Crippen LogP contribution is -2.04. The summed E-state index contributed by atoms with van der Waals surface area (Å²) in [6.45, 7) is 8.42. The van der Waals surface area contributed by atoms with E-state index >= 15 is 0 Å². The molecule has 0 heterocycles. The van der Waals surface area contributed by atoms with Crippen LogP contribution in [0.1, 0.15) is 162 Å². The highest BCUT2D eigenvalue weighted by Crippen LogP contribution is 2.19. The zero-order chi connectivity index (χ0) is 27.2. The van der Waals surface area contributed by atoms with E-state index < -0.39 is 0 Å². The molecule has 0 aliphatic heterocycles. The van der Waals surface area contributed by atoms with Crippen LogP contribution in [0.5, 0.6) is 0 Å². The van der Waals surface area contributed by atoms with Crippen molar-refractivity contribution in [3.05, 3.63) is 12.2 Å². The largest absolute Gasteiger partial charge is 0.461 e. The molecule has 0 aliphatic carbocycles. The molecule has 0 saturated carbocycles. The van der Waals surface area contributed by atoms with Crippen LogP contribution in [0.15, 0.2) is 12.2 Å². The third kappa shape index (κ3) is 31.0. The molecule has 0 saturated heterocycles. The monoisotopic (exact) mass is 522 g/mol. The van der Waals surface area contributed by atoms with Crippen molar-refractivity contribution in [3.8, 4) is 0 Å². The van der Waals surface area contributed by atoms with Crippen molar-refractivity contribution in [1.82, 2.24) is 0 Å². The van der Waals surface area contributed by atoms with Crippen molar-refractivity contribution in [2.75, 3.05) is 19.8 Å². The molecule has 4 nitrogen and oxygen atoms in total. The zero-order valence-electron chi connectivity index (χ0n) is 25.0. The second-order valence-electron chi connectivity index (χ2n) is 11.1. The highest BCUT2D eigenvalue weighted by Gasteiger charge is 2.04. The van der Waals surface area contributed by atoms with Gasteiger partial charge in [-0.3, -0.25) is 4.79 Å². The van der Waals surface area contributed by atoms with Gasteiger partial charge in [0.15, 0.2) is 0 Å². The molecule has 218 valence electrons. The Morgan fingerprint density at radius 3 is 1.81 bits per heavy atom. The number of hydrogen-bond acceptors (Lipinski definition) is 4. The molecule has 0 N–H and O–H groups in total. The van der Waals surface area contributed by atoms with E-state index in [2.05, 4.69) is 19.9 Å². The van der Waals surface area contributed by atoms with Gasteiger partial charge in [-0.15, -0.1) is 0 Å². The summed E-state index contributed by atoms with van der Waals surface area (Å²) >= 11 is 0. The Kier molecular flexibility index (Phi) is 28.5. The maximum atomic E-state index is 11.8. The Morgan fingerprint density at radius 2 is 1.19 bits per heavy atom. The number of carbonyl (C=O) groups is 2. The lowest BCUT2D eigenvalue weighted by molar-refractivity contribution is -0.142. The number of ether oxygens (including phenoxy) is 2. The minimum Gasteiger partial charge on any atom is -0.461 e. The van der Waals surface area contributed by atoms with Gasteiger partial charge in [-0.25, -0.2) is 0 Å². The van der Waals surface area contributed by atoms with E-state index in [0.717, 1.165) is 57.7 Å². The van der Waals surface area contributed by atoms with Crippen LogP contribution in [-0.2, 0) is 19.1 Å². The van der Waals surface area contributed by atoms with Crippen molar-refractivity contribution in [1.29, 1.82) is 0 Å². The molecule has 0 aromatic carbocycles. The normalized spacial score (nSPS) is 12.3. The Hall–Kier alpha value is -1.16. The third-order valence-electron chi connectivity index (χ3n) is 7.11. The van der Waals surface area contributed by atoms with E-state index in [4.69, 9.17) is 9.47 Å². The average molecular weight is 523 g/mol. The molecule has 0 fully saturated rings. The SMILES string of the molecule is CCCCCCOCCC/C=C/COC(=O)CCCCCCCCC(C)CCCCCCCCC(C)=O. The van der Waals surface area contributed by atoms with Gasteiger partial charge < -0.3 is 14.3 Å². The third-order valence-corrected chi connectivity index (χ3v) is 7.11. The molecular formula is C33H62O4. The molecule has 0 radical (unpaired) electrons. The predicted octanol–water partition coefficient (Wildman–Crippen LogP) is 9.93. The highest BCUT2D eigenvalue weighted by atomic mass is 16.5. The number of hydrogen-bond donors (Lipinski definition) is 0. The number of esters is 1. The Labute approximate surface area is 230 Å². The average Bonchev–Trinajstić information content (AvgIpc) is 2.87. The van der Waals surface area contributed by atoms with Gasteiger partial charge in [0.05, 0.1) is 0 Å². The summed E-state index contributed by atoms with van der Waals surface area (Å²) in [6.07, 6.45) is 29.9. The van der Waals surface area contributed by atoms with Gasteiger partial charge in [0.2, 0.25) is 0 Å². The number of ketones is 1. The summed E-state index contributed by atoms with van der Waals surface area (Å²) in [7, 11) is 0. The van der Waals surface area contributed by atoms with Gasteiger partial charge in [0, 0.05) is 26.1 Å². The van der Waals surface area contributed by atoms with Crippen molar-refractivity contribution < 1.29 is 19.1 Å². The molecule has 0 rings (SSSR count). The predicted molar refractivity (Wildman–Crippen MR) is 158 cm³/mol. The Balaban J connectivity index is 3.32. The van der Waals surface area contributed by atoms with Crippen molar-refractivity contribution >= 4 is 11.8 Å². The second-order valence-corrected chi connectivity index (χ2v) is 11.1. The van der Waals surface area contributed by atoms with E-state index in [1.54, 1.807) is 6.92 Å². The van der Waals surface area contributed by atoms with Gasteiger partial charge in [0.1, 0.15) is 12.4 Å². The molecule has 0 amide bonds. The molecule has 4 heteroatoms. The van der Waals surface area contributed by atoms with Crippen LogP contribution in [0.4, 0.5) is 0 Å². The standard InChI is InChI=1S/C33H62O4/c1-4-5-6-21-28-36-29-22-15-16-23-30-37-33(35)27-20-14-10-8-12-18-25-31(2)24-17-11-7-9-13-19-26-32(3)34/h16,23,31H,4-15,17-22,24-30H2,1-3H3/b23-16+. The smallest absolute Gasteiger partial charge is 0.306 e. The molecule has 0 aliphatic rings. The van der Waals surface area contributed by atoms with Crippen LogP contribution in [-0.4, -0.2) is 31.6 Å². The highest BCUT2D eigenvalue weighted by molar-refractivity contribution is 5.75. The van der Waals surface area contributed by atoms with Gasteiger partial charge >= 0.3 is 5.97 Å². The van der Waals surface area contributed by atoms with Crippen LogP contribution in [0.3, 0.4) is 0 Å². The lowest BCUT2D eigenvalue weighted by atomic mass is 9.96. The fourth-order valence-electron chi connectivity index (χ4n) is 4.62. The molecular weight excluding hydrogens is 460 g/mol. The first-order chi connectivity index (χ1) is 18.1. The summed E-state index contributed by atoms with van der Waals surface area (Å²) in [5, 5.41) is 0. The lowest BCUT2D eigenvalue weighted by Gasteiger charge is -2.11. The number of carbonyl (C=O) groups excluding carboxylic acids is 2. The topological polar surface area (TPSA) is 52.6 Å². The van der Waals surface area contributed by atoms with Crippen LogP contribution >= 0.6 is 0 Å². The van der Waals surface area contributed by atoms with Gasteiger partial charge in [-0.05, 0) is 44.9 Å². The van der Waals surface area contributed by atoms with Crippen LogP contribution in [0.2, 0.25) is 0 Å². The second kappa shape index (κ2) is 29.4. The van der Waals surface area contributed by atoms with E-state index in [0.29, 0.717) is 18.8 Å². The van der Waals surface area contributed by atoms with Crippen molar-refractivity contribution in [3.63, 3.8) is 0 Å². The fourth-order valence-corrected chi connectivity index (χ4v) is 4.62. The fraction of sp³-hybridized carbons (Fsp3) is 0.879. The maximum absolute atomic E-state index is 11.8. The number of rotatable bonds is 29. The summed E-state index contributed by atoms with van der Waals surface area (Å²) < 4.78 is 10.9. The summed E-state index contributed by atoms with van der Waals surface area (Å²) in [5.41, 5.74) is 0. The summed E-state index contributed by atoms with van der Waals surface area (Å²) in [4.78, 5) is 22.8. The van der Waals surface area contributed by atoms with Crippen LogP contribution in [0, 0.1) is 5.92 Å². The van der Waals surface area contributed by atoms with Crippen LogP contribution in [0.25, 0.3) is 0 Å². The molecule has 37 heavy (non-hydrogen) atoms. The number of Topliss-reactive ketones (excluding diaryl/α,β-unsaturated/α-hetero) is 1. The Bertz CT molecular complexity index is 528. The van der Waals surface area contributed by atoms with E-state index in [1.165, 1.54) is 96.3 Å². The molecule has 1 atom stereocenters. The Morgan fingerprint density at radius 1 is 0.649 bits per heavy atom. The molecule has 0 aromatic heterocycles. The van der Waals surface area contributed by atoms with Gasteiger partial charge in [0.25, 0.3) is 0 Å². The minimum atomic E-state index is -0.0649. The van der Waals surface area contributed by atoms with E-state index in [9.17, 15) is 9.59 Å². The maximum Gasteiger partial charge on any atom is 0.306 e. The quantitative estimate of drug-likeness (QED) is 0.0557. The van der Waals surface area contributed by atoms with E-state index in [1.807, 2.05) is 6.08 Å². The minimum absolute atomic E-state index is 0.0649. The molecule has 0 aromatic rings. The first-order valence-corrected chi connectivity index (χ1v) is 15.9. The van der Waals surface area contributed by atoms with Crippen molar-refractivity contribution in [2.45, 2.75) is 162 Å². The van der Waals surface area contributed by atoms with Crippen molar-refractivity contribution in [2.24, 2.45) is 5.92 Å².